The van der Waals surface area contributed by atoms with E-state index < -0.39 is 15.6 Å². The molecule has 1 aliphatic heterocycles. The zero-order valence-electron chi connectivity index (χ0n) is 10.9. The van der Waals surface area contributed by atoms with E-state index >= 15 is 0 Å². The second-order valence-electron chi connectivity index (χ2n) is 4.66. The molecule has 0 amide bonds. The van der Waals surface area contributed by atoms with E-state index in [1.165, 1.54) is 33.0 Å². The van der Waals surface area contributed by atoms with Crippen LogP contribution in [0.4, 0.5) is 0 Å². The van der Waals surface area contributed by atoms with Crippen molar-refractivity contribution in [1.29, 1.82) is 5.26 Å². The van der Waals surface area contributed by atoms with Crippen LogP contribution in [0.5, 0.6) is 11.5 Å². The van der Waals surface area contributed by atoms with Crippen molar-refractivity contribution in [3.63, 3.8) is 0 Å². The van der Waals surface area contributed by atoms with E-state index in [1.807, 2.05) is 6.07 Å². The summed E-state index contributed by atoms with van der Waals surface area (Å²) in [6.07, 6.45) is 0. The summed E-state index contributed by atoms with van der Waals surface area (Å²) in [6, 6.07) is 6.35. The molecule has 1 aromatic carbocycles. The van der Waals surface area contributed by atoms with Crippen LogP contribution in [0.3, 0.4) is 0 Å². The van der Waals surface area contributed by atoms with Gasteiger partial charge in [0.1, 0.15) is 5.54 Å². The Morgan fingerprint density at radius 3 is 2.58 bits per heavy atom. The molecule has 1 aliphatic rings. The third-order valence-corrected chi connectivity index (χ3v) is 5.09. The minimum atomic E-state index is -3.76. The van der Waals surface area contributed by atoms with E-state index in [0.717, 1.165) is 4.31 Å². The monoisotopic (exact) mass is 282 g/mol. The highest BCUT2D eigenvalue weighted by Gasteiger charge is 2.34. The van der Waals surface area contributed by atoms with Crippen molar-refractivity contribution in [2.24, 2.45) is 0 Å². The molecule has 7 heteroatoms. The number of sulfonamides is 1. The maximum absolute atomic E-state index is 12.4. The molecule has 0 atom stereocenters. The Morgan fingerprint density at radius 2 is 1.95 bits per heavy atom. The Labute approximate surface area is 112 Å². The van der Waals surface area contributed by atoms with Crippen molar-refractivity contribution >= 4 is 10.0 Å². The first-order valence-corrected chi connectivity index (χ1v) is 7.03. The van der Waals surface area contributed by atoms with Gasteiger partial charge in [-0.05, 0) is 26.0 Å². The van der Waals surface area contributed by atoms with Gasteiger partial charge in [0.2, 0.25) is 16.8 Å². The molecule has 0 aromatic heterocycles. The number of benzene rings is 1. The van der Waals surface area contributed by atoms with E-state index in [9.17, 15) is 8.42 Å². The van der Waals surface area contributed by atoms with Crippen molar-refractivity contribution in [3.05, 3.63) is 18.2 Å². The number of nitriles is 1. The summed E-state index contributed by atoms with van der Waals surface area (Å²) in [5.74, 6) is 0.908. The third-order valence-electron chi connectivity index (χ3n) is 3.06. The summed E-state index contributed by atoms with van der Waals surface area (Å²) in [4.78, 5) is 0.0718. The van der Waals surface area contributed by atoms with Gasteiger partial charge in [-0.15, -0.1) is 0 Å². The van der Waals surface area contributed by atoms with E-state index in [0.29, 0.717) is 11.5 Å². The highest BCUT2D eigenvalue weighted by molar-refractivity contribution is 7.89. The number of rotatable bonds is 3. The van der Waals surface area contributed by atoms with Gasteiger partial charge < -0.3 is 9.47 Å². The lowest BCUT2D eigenvalue weighted by molar-refractivity contribution is 0.174. The summed E-state index contributed by atoms with van der Waals surface area (Å²) in [6.45, 7) is 3.16. The van der Waals surface area contributed by atoms with E-state index in [-0.39, 0.29) is 11.7 Å². The normalized spacial score (nSPS) is 14.5. The van der Waals surface area contributed by atoms with Crippen LogP contribution in [0.2, 0.25) is 0 Å². The molecular weight excluding hydrogens is 268 g/mol. The molecule has 1 aromatic rings. The quantitative estimate of drug-likeness (QED) is 0.835. The van der Waals surface area contributed by atoms with Crippen LogP contribution in [-0.4, -0.2) is 32.1 Å². The summed E-state index contributed by atoms with van der Waals surface area (Å²) in [5.41, 5.74) is -1.13. The molecule has 6 nitrogen and oxygen atoms in total. The first-order chi connectivity index (χ1) is 8.79. The standard InChI is InChI=1S/C12H14N2O4S/c1-12(2,7-13)14(3)19(15,16)9-4-5-10-11(6-9)18-8-17-10/h4-6H,8H2,1-3H3. The molecule has 0 N–H and O–H groups in total. The SMILES string of the molecule is CN(C(C)(C)C#N)S(=O)(=O)c1ccc2c(c1)OCO2. The summed E-state index contributed by atoms with van der Waals surface area (Å²) >= 11 is 0. The van der Waals surface area contributed by atoms with Gasteiger partial charge in [0.25, 0.3) is 0 Å². The Bertz CT molecular complexity index is 646. The molecule has 0 bridgehead atoms. The molecule has 19 heavy (non-hydrogen) atoms. The molecular formula is C12H14N2O4S. The first-order valence-electron chi connectivity index (χ1n) is 5.59. The van der Waals surface area contributed by atoms with Crippen molar-refractivity contribution in [2.45, 2.75) is 24.3 Å². The molecule has 0 radical (unpaired) electrons. The lowest BCUT2D eigenvalue weighted by Gasteiger charge is -2.28. The molecule has 0 saturated carbocycles. The fraction of sp³-hybridized carbons (Fsp3) is 0.417. The van der Waals surface area contributed by atoms with Gasteiger partial charge in [-0.25, -0.2) is 8.42 Å². The van der Waals surface area contributed by atoms with Gasteiger partial charge in [-0.2, -0.15) is 9.57 Å². The fourth-order valence-corrected chi connectivity index (χ4v) is 3.02. The highest BCUT2D eigenvalue weighted by atomic mass is 32.2. The van der Waals surface area contributed by atoms with Crippen LogP contribution >= 0.6 is 0 Å². The zero-order valence-corrected chi connectivity index (χ0v) is 11.7. The Morgan fingerprint density at radius 1 is 1.32 bits per heavy atom. The average molecular weight is 282 g/mol. The van der Waals surface area contributed by atoms with Gasteiger partial charge in [0, 0.05) is 13.1 Å². The molecule has 0 saturated heterocycles. The van der Waals surface area contributed by atoms with Crippen LogP contribution in [-0.2, 0) is 10.0 Å². The summed E-state index contributed by atoms with van der Waals surface area (Å²) < 4.78 is 36.2. The average Bonchev–Trinajstić information content (AvgIpc) is 2.84. The van der Waals surface area contributed by atoms with Gasteiger partial charge in [0.15, 0.2) is 11.5 Å². The lowest BCUT2D eigenvalue weighted by atomic mass is 10.1. The molecule has 2 rings (SSSR count). The second-order valence-corrected chi connectivity index (χ2v) is 6.63. The van der Waals surface area contributed by atoms with Gasteiger partial charge in [-0.1, -0.05) is 0 Å². The van der Waals surface area contributed by atoms with Gasteiger partial charge >= 0.3 is 0 Å². The number of ether oxygens (including phenoxy) is 2. The van der Waals surface area contributed by atoms with Crippen molar-refractivity contribution in [2.75, 3.05) is 13.8 Å². The Balaban J connectivity index is 2.44. The highest BCUT2D eigenvalue weighted by Crippen LogP contribution is 2.35. The predicted octanol–water partition coefficient (Wildman–Crippen LogP) is 1.34. The van der Waals surface area contributed by atoms with Crippen LogP contribution in [0.1, 0.15) is 13.8 Å². The van der Waals surface area contributed by atoms with E-state index in [2.05, 4.69) is 0 Å². The summed E-state index contributed by atoms with van der Waals surface area (Å²) in [7, 11) is -2.38. The van der Waals surface area contributed by atoms with Crippen LogP contribution < -0.4 is 9.47 Å². The molecule has 0 spiro atoms. The number of fused-ring (bicyclic) bond motifs is 1. The summed E-state index contributed by atoms with van der Waals surface area (Å²) in [5, 5.41) is 9.03. The third kappa shape index (κ3) is 2.25. The van der Waals surface area contributed by atoms with Crippen LogP contribution in [0.25, 0.3) is 0 Å². The Hall–Kier alpha value is -1.78. The van der Waals surface area contributed by atoms with Crippen LogP contribution in [0.15, 0.2) is 23.1 Å². The molecule has 0 aliphatic carbocycles. The Kier molecular flexibility index (Phi) is 3.16. The fourth-order valence-electron chi connectivity index (χ4n) is 1.57. The zero-order chi connectivity index (χ0) is 14.3. The minimum Gasteiger partial charge on any atom is -0.454 e. The predicted molar refractivity (Wildman–Crippen MR) is 67.2 cm³/mol. The molecule has 0 fully saturated rings. The smallest absolute Gasteiger partial charge is 0.244 e. The van der Waals surface area contributed by atoms with Gasteiger partial charge in [0.05, 0.1) is 11.0 Å². The van der Waals surface area contributed by atoms with Gasteiger partial charge in [-0.3, -0.25) is 0 Å². The van der Waals surface area contributed by atoms with E-state index in [1.54, 1.807) is 6.07 Å². The molecule has 0 unspecified atom stereocenters. The molecule has 1 heterocycles. The topological polar surface area (TPSA) is 79.6 Å². The van der Waals surface area contributed by atoms with Crippen molar-refractivity contribution in [1.82, 2.24) is 4.31 Å². The number of nitrogens with zero attached hydrogens (tertiary/aromatic N) is 2. The molecule has 102 valence electrons. The van der Waals surface area contributed by atoms with Crippen molar-refractivity contribution < 1.29 is 17.9 Å². The van der Waals surface area contributed by atoms with E-state index in [4.69, 9.17) is 14.7 Å². The first kappa shape index (κ1) is 13.6. The van der Waals surface area contributed by atoms with Crippen molar-refractivity contribution in [3.8, 4) is 17.6 Å². The minimum absolute atomic E-state index is 0.0718. The number of hydrogen-bond donors (Lipinski definition) is 0. The maximum atomic E-state index is 12.4. The lowest BCUT2D eigenvalue weighted by Crippen LogP contribution is -2.43. The second kappa shape index (κ2) is 4.40. The largest absolute Gasteiger partial charge is 0.454 e. The van der Waals surface area contributed by atoms with Crippen LogP contribution in [0, 0.1) is 11.3 Å². The maximum Gasteiger partial charge on any atom is 0.244 e. The number of hydrogen-bond acceptors (Lipinski definition) is 5.